The van der Waals surface area contributed by atoms with E-state index in [9.17, 15) is 9.59 Å². The Morgan fingerprint density at radius 2 is 2.00 bits per heavy atom. The molecule has 2 unspecified atom stereocenters. The van der Waals surface area contributed by atoms with Crippen LogP contribution in [0, 0.1) is 5.92 Å². The van der Waals surface area contributed by atoms with E-state index in [2.05, 4.69) is 25.5 Å². The number of carbonyl (C=O) groups excluding carboxylic acids is 2. The van der Waals surface area contributed by atoms with Crippen LogP contribution in [-0.4, -0.2) is 45.1 Å². The van der Waals surface area contributed by atoms with Crippen molar-refractivity contribution in [2.24, 2.45) is 5.92 Å². The minimum absolute atomic E-state index is 0.0311. The molecule has 1 fully saturated rings. The normalized spacial score (nSPS) is 22.4. The molecule has 146 valence electrons. The number of amides is 2. The van der Waals surface area contributed by atoms with Crippen LogP contribution in [0.2, 0.25) is 0 Å². The van der Waals surface area contributed by atoms with Gasteiger partial charge in [-0.2, -0.15) is 0 Å². The van der Waals surface area contributed by atoms with Gasteiger partial charge >= 0.3 is 0 Å². The summed E-state index contributed by atoms with van der Waals surface area (Å²) in [5.41, 5.74) is 1.93. The Bertz CT molecular complexity index is 1090. The molecule has 2 amide bonds. The van der Waals surface area contributed by atoms with E-state index in [-0.39, 0.29) is 28.7 Å². The number of hydrogen-bond acceptors (Lipinski definition) is 7. The van der Waals surface area contributed by atoms with Gasteiger partial charge in [0.15, 0.2) is 5.82 Å². The fourth-order valence-electron chi connectivity index (χ4n) is 3.81. The topological polar surface area (TPSA) is 101 Å². The molecule has 5 rings (SSSR count). The van der Waals surface area contributed by atoms with Crippen LogP contribution in [0.1, 0.15) is 38.4 Å². The molecule has 2 aromatic heterocycles. The van der Waals surface area contributed by atoms with E-state index < -0.39 is 6.04 Å². The van der Waals surface area contributed by atoms with Crippen molar-refractivity contribution in [2.45, 2.75) is 24.8 Å². The molecule has 1 aliphatic carbocycles. The van der Waals surface area contributed by atoms with Crippen molar-refractivity contribution < 1.29 is 9.59 Å². The fraction of sp³-hybridized carbons (Fsp3) is 0.300. The summed E-state index contributed by atoms with van der Waals surface area (Å²) >= 11 is 1.25. The van der Waals surface area contributed by atoms with Crippen molar-refractivity contribution in [3.05, 3.63) is 64.0 Å². The molecule has 1 saturated carbocycles. The average molecular weight is 406 g/mol. The molecule has 29 heavy (non-hydrogen) atoms. The lowest BCUT2D eigenvalue weighted by Crippen LogP contribution is -2.48. The summed E-state index contributed by atoms with van der Waals surface area (Å²) in [6, 6.07) is 9.28. The summed E-state index contributed by atoms with van der Waals surface area (Å²) < 4.78 is 0. The lowest BCUT2D eigenvalue weighted by atomic mass is 10.1. The molecule has 0 radical (unpaired) electrons. The maximum absolute atomic E-state index is 13.0. The summed E-state index contributed by atoms with van der Waals surface area (Å²) in [6.45, 7) is 0. The summed E-state index contributed by atoms with van der Waals surface area (Å²) in [6.07, 6.45) is 4.65. The van der Waals surface area contributed by atoms with Gasteiger partial charge in [-0.1, -0.05) is 41.7 Å². The smallest absolute Gasteiger partial charge is 0.282 e. The van der Waals surface area contributed by atoms with E-state index in [1.807, 2.05) is 30.3 Å². The van der Waals surface area contributed by atoms with Crippen molar-refractivity contribution in [1.29, 1.82) is 0 Å². The van der Waals surface area contributed by atoms with Crippen LogP contribution in [0.3, 0.4) is 0 Å². The van der Waals surface area contributed by atoms with Crippen molar-refractivity contribution in [3.8, 4) is 0 Å². The number of nitrogens with zero attached hydrogens (tertiary/aromatic N) is 5. The number of likely N-dealkylation sites (N-methyl/N-ethyl adjacent to an activating group) is 1. The van der Waals surface area contributed by atoms with Gasteiger partial charge in [0.05, 0.1) is 5.69 Å². The first-order valence-electron chi connectivity index (χ1n) is 9.37. The lowest BCUT2D eigenvalue weighted by Gasteiger charge is -2.22. The van der Waals surface area contributed by atoms with Gasteiger partial charge in [0.1, 0.15) is 11.0 Å². The monoisotopic (exact) mass is 406 g/mol. The van der Waals surface area contributed by atoms with Crippen LogP contribution in [0.4, 0.5) is 5.82 Å². The molecule has 0 saturated heterocycles. The Hall–Kier alpha value is -3.20. The van der Waals surface area contributed by atoms with Crippen LogP contribution >= 0.6 is 11.3 Å². The molecule has 0 spiro atoms. The molecule has 9 heteroatoms. The second kappa shape index (κ2) is 7.00. The predicted octanol–water partition coefficient (Wildman–Crippen LogP) is 1.80. The molecule has 1 N–H and O–H groups in total. The third kappa shape index (κ3) is 3.27. The third-order valence-electron chi connectivity index (χ3n) is 5.39. The highest BCUT2D eigenvalue weighted by atomic mass is 32.1. The van der Waals surface area contributed by atoms with Crippen LogP contribution in [0.25, 0.3) is 0 Å². The standard InChI is InChI=1S/C20H18N6O2S/c1-26-17-15(21-7-8-22-17)12-10-13(12)16(20(26)28)23-18(27)19-25-24-14(29-19)9-11-5-3-2-4-6-11/h2-8,12-13,16H,9-10H2,1H3,(H,23,27)/t12?,13?,16-/m0/s1. The first-order chi connectivity index (χ1) is 14.1. The molecule has 1 aliphatic heterocycles. The van der Waals surface area contributed by atoms with Gasteiger partial charge in [-0.05, 0) is 17.9 Å². The van der Waals surface area contributed by atoms with Crippen molar-refractivity contribution in [1.82, 2.24) is 25.5 Å². The number of benzene rings is 1. The van der Waals surface area contributed by atoms with Crippen molar-refractivity contribution in [3.63, 3.8) is 0 Å². The molecule has 2 aliphatic rings. The summed E-state index contributed by atoms with van der Waals surface area (Å²) in [5.74, 6) is 0.192. The van der Waals surface area contributed by atoms with Crippen molar-refractivity contribution in [2.75, 3.05) is 11.9 Å². The molecule has 3 aromatic rings. The van der Waals surface area contributed by atoms with Gasteiger partial charge in [-0.15, -0.1) is 10.2 Å². The second-order valence-corrected chi connectivity index (χ2v) is 8.35. The van der Waals surface area contributed by atoms with Gasteiger partial charge in [-0.25, -0.2) is 4.98 Å². The number of fused-ring (bicyclic) bond motifs is 3. The molecular formula is C20H18N6O2S. The number of hydrogen-bond donors (Lipinski definition) is 1. The number of carbonyl (C=O) groups is 2. The number of aromatic nitrogens is 4. The highest BCUT2D eigenvalue weighted by Crippen LogP contribution is 2.53. The molecule has 8 nitrogen and oxygen atoms in total. The summed E-state index contributed by atoms with van der Waals surface area (Å²) in [5, 5.41) is 12.1. The van der Waals surface area contributed by atoms with E-state index >= 15 is 0 Å². The first-order valence-corrected chi connectivity index (χ1v) is 10.2. The maximum atomic E-state index is 13.0. The number of rotatable bonds is 4. The summed E-state index contributed by atoms with van der Waals surface area (Å²) in [7, 11) is 1.67. The highest BCUT2D eigenvalue weighted by molar-refractivity contribution is 7.13. The molecule has 3 atom stereocenters. The minimum atomic E-state index is -0.616. The molecule has 3 heterocycles. The van der Waals surface area contributed by atoms with E-state index in [4.69, 9.17) is 0 Å². The Balaban J connectivity index is 1.32. The third-order valence-corrected chi connectivity index (χ3v) is 6.31. The lowest BCUT2D eigenvalue weighted by molar-refractivity contribution is -0.120. The number of nitrogens with one attached hydrogen (secondary N) is 1. The Labute approximate surface area is 171 Å². The van der Waals surface area contributed by atoms with E-state index in [0.29, 0.717) is 12.2 Å². The van der Waals surface area contributed by atoms with Crippen molar-refractivity contribution >= 4 is 29.0 Å². The zero-order valence-electron chi connectivity index (χ0n) is 15.6. The predicted molar refractivity (Wildman–Crippen MR) is 107 cm³/mol. The van der Waals surface area contributed by atoms with Gasteiger partial charge < -0.3 is 5.32 Å². The Morgan fingerprint density at radius 1 is 1.21 bits per heavy atom. The van der Waals surface area contributed by atoms with E-state index in [0.717, 1.165) is 22.7 Å². The molecule has 0 bridgehead atoms. The maximum Gasteiger partial charge on any atom is 0.282 e. The van der Waals surface area contributed by atoms with E-state index in [1.54, 1.807) is 19.4 Å². The van der Waals surface area contributed by atoms with Crippen LogP contribution in [0.15, 0.2) is 42.7 Å². The van der Waals surface area contributed by atoms with Crippen LogP contribution in [0.5, 0.6) is 0 Å². The fourth-order valence-corrected chi connectivity index (χ4v) is 4.59. The minimum Gasteiger partial charge on any atom is -0.338 e. The Morgan fingerprint density at radius 3 is 2.83 bits per heavy atom. The molecule has 1 aromatic carbocycles. The van der Waals surface area contributed by atoms with Gasteiger partial charge in [0, 0.05) is 31.8 Å². The Kier molecular flexibility index (Phi) is 4.31. The zero-order chi connectivity index (χ0) is 20.0. The first kappa shape index (κ1) is 17.9. The van der Waals surface area contributed by atoms with Gasteiger partial charge in [0.2, 0.25) is 5.01 Å². The van der Waals surface area contributed by atoms with Crippen LogP contribution in [-0.2, 0) is 11.2 Å². The van der Waals surface area contributed by atoms with Gasteiger partial charge in [0.25, 0.3) is 11.8 Å². The highest BCUT2D eigenvalue weighted by Gasteiger charge is 2.53. The largest absolute Gasteiger partial charge is 0.338 e. The quantitative estimate of drug-likeness (QED) is 0.709. The summed E-state index contributed by atoms with van der Waals surface area (Å²) in [4.78, 5) is 36.0. The zero-order valence-corrected chi connectivity index (χ0v) is 16.5. The SMILES string of the molecule is CN1C(=O)[C@@H](NC(=O)c2nnc(Cc3ccccc3)s2)C2CC2c2nccnc21. The number of anilines is 1. The molecular weight excluding hydrogens is 388 g/mol. The van der Waals surface area contributed by atoms with E-state index in [1.165, 1.54) is 16.2 Å². The average Bonchev–Trinajstić information content (AvgIpc) is 3.41. The second-order valence-electron chi connectivity index (χ2n) is 7.28. The van der Waals surface area contributed by atoms with Gasteiger partial charge in [-0.3, -0.25) is 19.5 Å². The van der Waals surface area contributed by atoms with Crippen LogP contribution < -0.4 is 10.2 Å².